The van der Waals surface area contributed by atoms with Gasteiger partial charge in [-0.1, -0.05) is 12.1 Å². The van der Waals surface area contributed by atoms with Crippen molar-refractivity contribution in [3.05, 3.63) is 33.5 Å². The van der Waals surface area contributed by atoms with Crippen LogP contribution < -0.4 is 0 Å². The maximum Gasteiger partial charge on any atom is 0.124 e. The van der Waals surface area contributed by atoms with Crippen LogP contribution in [0, 0.1) is 10.6 Å². The van der Waals surface area contributed by atoms with Gasteiger partial charge in [0.1, 0.15) is 3.70 Å². The Hall–Kier alpha value is -0.710. The lowest BCUT2D eigenvalue weighted by Crippen LogP contribution is -1.87. The van der Waals surface area contributed by atoms with Crippen LogP contribution in [0.3, 0.4) is 0 Å². The Morgan fingerprint density at radius 2 is 2.00 bits per heavy atom. The first-order valence-corrected chi connectivity index (χ1v) is 4.73. The van der Waals surface area contributed by atoms with Crippen LogP contribution in [0.4, 0.5) is 0 Å². The molecule has 2 nitrogen and oxygen atoms in total. The molecule has 0 unspecified atom stereocenters. The van der Waals surface area contributed by atoms with Gasteiger partial charge in [0.25, 0.3) is 0 Å². The van der Waals surface area contributed by atoms with E-state index < -0.39 is 0 Å². The predicted molar refractivity (Wildman–Crippen MR) is 57.0 cm³/mol. The minimum absolute atomic E-state index is 0.934. The first kappa shape index (κ1) is 7.91. The van der Waals surface area contributed by atoms with Gasteiger partial charge >= 0.3 is 0 Å². The summed E-state index contributed by atoms with van der Waals surface area (Å²) in [7, 11) is 0. The van der Waals surface area contributed by atoms with Crippen molar-refractivity contribution in [3.63, 3.8) is 0 Å². The van der Waals surface area contributed by atoms with Crippen molar-refractivity contribution in [3.8, 4) is 0 Å². The van der Waals surface area contributed by atoms with E-state index in [1.807, 2.05) is 12.1 Å². The Labute approximate surface area is 84.1 Å². The van der Waals surface area contributed by atoms with Gasteiger partial charge in [-0.2, -0.15) is 0 Å². The number of hydrogen-bond acceptors (Lipinski definition) is 2. The summed E-state index contributed by atoms with van der Waals surface area (Å²) in [6.07, 6.45) is 0. The molecule has 60 valence electrons. The third kappa shape index (κ3) is 1.41. The van der Waals surface area contributed by atoms with E-state index in [2.05, 4.69) is 51.8 Å². The molecule has 1 aromatic carbocycles. The van der Waals surface area contributed by atoms with Crippen LogP contribution in [-0.4, -0.2) is 10.2 Å². The summed E-state index contributed by atoms with van der Waals surface area (Å²) in [5.74, 6) is 0. The summed E-state index contributed by atoms with van der Waals surface area (Å²) in [5, 5.41) is 9.22. The number of aryl methyl sites for hydroxylation is 1. The Kier molecular flexibility index (Phi) is 1.96. The molecule has 2 rings (SSSR count). The zero-order chi connectivity index (χ0) is 8.55. The standard InChI is InChI=1S/C9H7IN2/c1-6-2-3-7-5-9(10)12-11-8(7)4-6/h2-5H,1H3. The van der Waals surface area contributed by atoms with Gasteiger partial charge in [0.15, 0.2) is 0 Å². The average Bonchev–Trinajstić information content (AvgIpc) is 2.05. The third-order valence-electron chi connectivity index (χ3n) is 1.71. The number of halogens is 1. The minimum atomic E-state index is 0.934. The van der Waals surface area contributed by atoms with Crippen LogP contribution in [-0.2, 0) is 0 Å². The normalized spacial score (nSPS) is 10.5. The number of aromatic nitrogens is 2. The van der Waals surface area contributed by atoms with E-state index in [0.29, 0.717) is 0 Å². The SMILES string of the molecule is Cc1ccc2cc(I)nnc2c1. The van der Waals surface area contributed by atoms with E-state index >= 15 is 0 Å². The second kappa shape index (κ2) is 2.97. The molecule has 0 atom stereocenters. The van der Waals surface area contributed by atoms with Crippen molar-refractivity contribution in [1.29, 1.82) is 0 Å². The highest BCUT2D eigenvalue weighted by molar-refractivity contribution is 14.1. The topological polar surface area (TPSA) is 25.8 Å². The van der Waals surface area contributed by atoms with Gasteiger partial charge in [-0.25, -0.2) is 0 Å². The maximum atomic E-state index is 4.08. The molecule has 0 spiro atoms. The molecule has 2 aromatic rings. The largest absolute Gasteiger partial charge is 0.149 e. The Morgan fingerprint density at radius 1 is 1.17 bits per heavy atom. The molecule has 0 N–H and O–H groups in total. The van der Waals surface area contributed by atoms with Crippen LogP contribution in [0.2, 0.25) is 0 Å². The Morgan fingerprint density at radius 3 is 2.83 bits per heavy atom. The molecular weight excluding hydrogens is 263 g/mol. The fourth-order valence-electron chi connectivity index (χ4n) is 1.12. The number of hydrogen-bond donors (Lipinski definition) is 0. The van der Waals surface area contributed by atoms with E-state index in [1.54, 1.807) is 0 Å². The van der Waals surface area contributed by atoms with Crippen molar-refractivity contribution in [2.45, 2.75) is 6.92 Å². The van der Waals surface area contributed by atoms with Gasteiger partial charge in [-0.05, 0) is 47.2 Å². The Balaban J connectivity index is 2.79. The highest BCUT2D eigenvalue weighted by Crippen LogP contribution is 2.13. The summed E-state index contributed by atoms with van der Waals surface area (Å²) in [6, 6.07) is 8.22. The summed E-state index contributed by atoms with van der Waals surface area (Å²) in [5.41, 5.74) is 2.19. The first-order valence-electron chi connectivity index (χ1n) is 3.65. The quantitative estimate of drug-likeness (QED) is 0.687. The average molecular weight is 270 g/mol. The number of rotatable bonds is 0. The fourth-order valence-corrected chi connectivity index (χ4v) is 1.56. The van der Waals surface area contributed by atoms with Crippen molar-refractivity contribution in [2.75, 3.05) is 0 Å². The summed E-state index contributed by atoms with van der Waals surface area (Å²) >= 11 is 2.16. The van der Waals surface area contributed by atoms with E-state index in [4.69, 9.17) is 0 Å². The lowest BCUT2D eigenvalue weighted by atomic mass is 10.2. The van der Waals surface area contributed by atoms with E-state index in [0.717, 1.165) is 14.6 Å². The van der Waals surface area contributed by atoms with Crippen LogP contribution in [0.1, 0.15) is 5.56 Å². The molecule has 1 aromatic heterocycles. The molecule has 0 radical (unpaired) electrons. The molecule has 0 amide bonds. The van der Waals surface area contributed by atoms with Crippen LogP contribution in [0.5, 0.6) is 0 Å². The third-order valence-corrected chi connectivity index (χ3v) is 2.24. The number of nitrogens with zero attached hydrogens (tertiary/aromatic N) is 2. The molecule has 12 heavy (non-hydrogen) atoms. The smallest absolute Gasteiger partial charge is 0.124 e. The molecule has 3 heteroatoms. The Bertz CT molecular complexity index is 385. The molecule has 0 aliphatic carbocycles. The maximum absolute atomic E-state index is 4.08. The second-order valence-corrected chi connectivity index (χ2v) is 3.83. The molecule has 0 fully saturated rings. The zero-order valence-electron chi connectivity index (χ0n) is 6.58. The lowest BCUT2D eigenvalue weighted by Gasteiger charge is -1.97. The van der Waals surface area contributed by atoms with Crippen LogP contribution in [0.25, 0.3) is 10.9 Å². The van der Waals surface area contributed by atoms with Crippen molar-refractivity contribution in [2.24, 2.45) is 0 Å². The molecule has 0 saturated heterocycles. The van der Waals surface area contributed by atoms with Gasteiger partial charge in [-0.3, -0.25) is 0 Å². The van der Waals surface area contributed by atoms with Crippen molar-refractivity contribution in [1.82, 2.24) is 10.2 Å². The summed E-state index contributed by atoms with van der Waals surface area (Å²) in [4.78, 5) is 0. The summed E-state index contributed by atoms with van der Waals surface area (Å²) < 4.78 is 0.934. The highest BCUT2D eigenvalue weighted by atomic mass is 127. The highest BCUT2D eigenvalue weighted by Gasteiger charge is 1.96. The first-order chi connectivity index (χ1) is 5.75. The van der Waals surface area contributed by atoms with Gasteiger partial charge in [0.2, 0.25) is 0 Å². The van der Waals surface area contributed by atoms with Gasteiger partial charge in [0, 0.05) is 5.39 Å². The van der Waals surface area contributed by atoms with Crippen LogP contribution >= 0.6 is 22.6 Å². The molecule has 0 saturated carbocycles. The molecule has 0 aliphatic heterocycles. The minimum Gasteiger partial charge on any atom is -0.149 e. The molecule has 0 aliphatic rings. The monoisotopic (exact) mass is 270 g/mol. The van der Waals surface area contributed by atoms with Gasteiger partial charge in [-0.15, -0.1) is 10.2 Å². The molecule has 1 heterocycles. The molecule has 0 bridgehead atoms. The fraction of sp³-hybridized carbons (Fsp3) is 0.111. The summed E-state index contributed by atoms with van der Waals surface area (Å²) in [6.45, 7) is 2.05. The van der Waals surface area contributed by atoms with E-state index in [1.165, 1.54) is 5.56 Å². The number of benzene rings is 1. The van der Waals surface area contributed by atoms with E-state index in [-0.39, 0.29) is 0 Å². The van der Waals surface area contributed by atoms with Gasteiger partial charge < -0.3 is 0 Å². The van der Waals surface area contributed by atoms with Crippen molar-refractivity contribution >= 4 is 33.5 Å². The van der Waals surface area contributed by atoms with E-state index in [9.17, 15) is 0 Å². The second-order valence-electron chi connectivity index (χ2n) is 2.73. The number of fused-ring (bicyclic) bond motifs is 1. The zero-order valence-corrected chi connectivity index (χ0v) is 8.74. The predicted octanol–water partition coefficient (Wildman–Crippen LogP) is 2.54. The van der Waals surface area contributed by atoms with Crippen molar-refractivity contribution < 1.29 is 0 Å². The van der Waals surface area contributed by atoms with Crippen LogP contribution in [0.15, 0.2) is 24.3 Å². The van der Waals surface area contributed by atoms with Gasteiger partial charge in [0.05, 0.1) is 5.52 Å². The lowest BCUT2D eigenvalue weighted by molar-refractivity contribution is 1.04. The molecular formula is C9H7IN2.